The third-order valence-electron chi connectivity index (χ3n) is 2.00. The summed E-state index contributed by atoms with van der Waals surface area (Å²) in [5.74, 6) is 0. The molecule has 15 heavy (non-hydrogen) atoms. The van der Waals surface area contributed by atoms with Crippen LogP contribution in [0.1, 0.15) is 12.5 Å². The molecule has 0 N–H and O–H groups in total. The molecule has 0 aliphatic carbocycles. The summed E-state index contributed by atoms with van der Waals surface area (Å²) < 4.78 is 2.81. The van der Waals surface area contributed by atoms with Gasteiger partial charge < -0.3 is 0 Å². The Bertz CT molecular complexity index is 404. The molecular weight excluding hydrogens is 240 g/mol. The lowest BCUT2D eigenvalue weighted by molar-refractivity contribution is 1.66. The molecule has 0 amide bonds. The second-order valence-corrected chi connectivity index (χ2v) is 6.77. The first-order valence-electron chi connectivity index (χ1n) is 4.67. The maximum atomic E-state index is 2.25. The van der Waals surface area contributed by atoms with Gasteiger partial charge in [-0.25, -0.2) is 0 Å². The van der Waals surface area contributed by atoms with Gasteiger partial charge in [0.2, 0.25) is 0 Å². The van der Waals surface area contributed by atoms with Crippen molar-refractivity contribution in [2.75, 3.05) is 6.26 Å². The summed E-state index contributed by atoms with van der Waals surface area (Å²) >= 11 is 5.59. The van der Waals surface area contributed by atoms with Crippen molar-refractivity contribution in [3.05, 3.63) is 49.3 Å². The zero-order valence-electron chi connectivity index (χ0n) is 8.69. The van der Waals surface area contributed by atoms with Gasteiger partial charge in [-0.2, -0.15) is 0 Å². The molecule has 0 saturated heterocycles. The summed E-state index contributed by atoms with van der Waals surface area (Å²) in [5, 5.41) is 0. The zero-order chi connectivity index (χ0) is 10.7. The summed E-state index contributed by atoms with van der Waals surface area (Å²) in [6.07, 6.45) is 4.39. The molecule has 1 heterocycles. The smallest absolute Gasteiger partial charge is 0.0548 e. The van der Waals surface area contributed by atoms with Crippen LogP contribution in [-0.4, -0.2) is 6.26 Å². The molecule has 2 rings (SSSR count). The minimum Gasteiger partial charge on any atom is -0.122 e. The maximum Gasteiger partial charge on any atom is 0.0548 e. The Labute approximate surface area is 104 Å². The average Bonchev–Trinajstić information content (AvgIpc) is 2.60. The van der Waals surface area contributed by atoms with Crippen LogP contribution in [-0.2, 0) is 0 Å². The van der Waals surface area contributed by atoms with Crippen LogP contribution in [0.15, 0.2) is 43.7 Å². The molecule has 0 fully saturated rings. The molecule has 0 bridgehead atoms. The van der Waals surface area contributed by atoms with E-state index in [1.54, 1.807) is 0 Å². The number of allylic oxidation sites excluding steroid dienone is 1. The Morgan fingerprint density at radius 1 is 1.13 bits per heavy atom. The molecule has 1 aromatic rings. The lowest BCUT2D eigenvalue weighted by Gasteiger charge is -1.96. The highest BCUT2D eigenvalue weighted by molar-refractivity contribution is 8.35. The lowest BCUT2D eigenvalue weighted by Crippen LogP contribution is -1.69. The Morgan fingerprint density at radius 2 is 1.87 bits per heavy atom. The Morgan fingerprint density at radius 3 is 2.47 bits per heavy atom. The highest BCUT2D eigenvalue weighted by Crippen LogP contribution is 2.53. The van der Waals surface area contributed by atoms with Gasteiger partial charge in [-0.1, -0.05) is 53.9 Å². The van der Waals surface area contributed by atoms with Crippen molar-refractivity contribution < 1.29 is 0 Å². The standard InChI is InChI=1S/C12H12S3/c1-9-12(13-2)15-11(14-9)8-10-6-4-3-5-7-10/h3-8H,1-2H3/b11-8+. The van der Waals surface area contributed by atoms with Crippen molar-refractivity contribution in [1.82, 2.24) is 0 Å². The van der Waals surface area contributed by atoms with Gasteiger partial charge in [-0.15, -0.1) is 11.8 Å². The predicted molar refractivity (Wildman–Crippen MR) is 75.8 cm³/mol. The second-order valence-electron chi connectivity index (χ2n) is 3.13. The average molecular weight is 252 g/mol. The Hall–Kier alpha value is -0.250. The highest BCUT2D eigenvalue weighted by Gasteiger charge is 2.16. The van der Waals surface area contributed by atoms with Gasteiger partial charge in [0.05, 0.1) is 8.47 Å². The summed E-state index contributed by atoms with van der Waals surface area (Å²) in [6, 6.07) is 10.5. The first-order valence-corrected chi connectivity index (χ1v) is 7.52. The van der Waals surface area contributed by atoms with Gasteiger partial charge in [-0.05, 0) is 24.8 Å². The van der Waals surface area contributed by atoms with Crippen LogP contribution in [0.25, 0.3) is 6.08 Å². The molecule has 1 aromatic carbocycles. The van der Waals surface area contributed by atoms with Gasteiger partial charge in [0.25, 0.3) is 0 Å². The molecule has 0 nitrogen and oxygen atoms in total. The van der Waals surface area contributed by atoms with Gasteiger partial charge in [0.1, 0.15) is 0 Å². The molecule has 0 atom stereocenters. The van der Waals surface area contributed by atoms with E-state index in [0.29, 0.717) is 0 Å². The third-order valence-corrected chi connectivity index (χ3v) is 5.83. The normalized spacial score (nSPS) is 18.9. The highest BCUT2D eigenvalue weighted by atomic mass is 32.2. The van der Waals surface area contributed by atoms with E-state index in [4.69, 9.17) is 0 Å². The monoisotopic (exact) mass is 252 g/mol. The fourth-order valence-corrected chi connectivity index (χ4v) is 4.87. The number of rotatable bonds is 2. The van der Waals surface area contributed by atoms with E-state index >= 15 is 0 Å². The van der Waals surface area contributed by atoms with Crippen molar-refractivity contribution in [1.29, 1.82) is 0 Å². The SMILES string of the molecule is CSC1=C(C)S/C(=C\c2ccccc2)S1. The summed E-state index contributed by atoms with van der Waals surface area (Å²) in [4.78, 5) is 1.43. The van der Waals surface area contributed by atoms with E-state index in [0.717, 1.165) is 0 Å². The summed E-state index contributed by atoms with van der Waals surface area (Å²) in [7, 11) is 0. The van der Waals surface area contributed by atoms with E-state index in [9.17, 15) is 0 Å². The summed E-state index contributed by atoms with van der Waals surface area (Å²) in [5.41, 5.74) is 1.28. The molecular formula is C12H12S3. The van der Waals surface area contributed by atoms with Crippen LogP contribution in [0, 0.1) is 0 Å². The van der Waals surface area contributed by atoms with E-state index in [-0.39, 0.29) is 0 Å². The first-order chi connectivity index (χ1) is 7.29. The molecule has 0 unspecified atom stereocenters. The van der Waals surface area contributed by atoms with Crippen LogP contribution in [0.5, 0.6) is 0 Å². The van der Waals surface area contributed by atoms with Crippen LogP contribution in [0.3, 0.4) is 0 Å². The first kappa shape index (κ1) is 11.2. The van der Waals surface area contributed by atoms with Gasteiger partial charge in [-0.3, -0.25) is 0 Å². The minimum atomic E-state index is 1.28. The minimum absolute atomic E-state index is 1.28. The molecule has 3 heteroatoms. The quantitative estimate of drug-likeness (QED) is 0.725. The Kier molecular flexibility index (Phi) is 3.89. The Balaban J connectivity index is 2.14. The van der Waals surface area contributed by atoms with Crippen molar-refractivity contribution in [2.45, 2.75) is 6.92 Å². The third kappa shape index (κ3) is 2.86. The van der Waals surface area contributed by atoms with E-state index in [1.165, 1.54) is 18.9 Å². The van der Waals surface area contributed by atoms with E-state index in [1.807, 2.05) is 41.4 Å². The van der Waals surface area contributed by atoms with Gasteiger partial charge in [0, 0.05) is 4.91 Å². The largest absolute Gasteiger partial charge is 0.122 e. The molecule has 0 aromatic heterocycles. The number of hydrogen-bond acceptors (Lipinski definition) is 3. The molecule has 1 aliphatic rings. The van der Waals surface area contributed by atoms with Crippen LogP contribution in [0.2, 0.25) is 0 Å². The lowest BCUT2D eigenvalue weighted by atomic mass is 10.2. The fourth-order valence-electron chi connectivity index (χ4n) is 1.31. The van der Waals surface area contributed by atoms with Crippen molar-refractivity contribution in [3.63, 3.8) is 0 Å². The van der Waals surface area contributed by atoms with Crippen LogP contribution >= 0.6 is 35.3 Å². The molecule has 1 aliphatic heterocycles. The van der Waals surface area contributed by atoms with Gasteiger partial charge in [0.15, 0.2) is 0 Å². The van der Waals surface area contributed by atoms with Crippen LogP contribution < -0.4 is 0 Å². The number of hydrogen-bond donors (Lipinski definition) is 0. The number of thioether (sulfide) groups is 3. The fraction of sp³-hybridized carbons (Fsp3) is 0.167. The molecule has 0 saturated carbocycles. The van der Waals surface area contributed by atoms with Crippen molar-refractivity contribution in [2.24, 2.45) is 0 Å². The molecule has 0 spiro atoms. The summed E-state index contributed by atoms with van der Waals surface area (Å²) in [6.45, 7) is 2.19. The second kappa shape index (κ2) is 5.19. The topological polar surface area (TPSA) is 0 Å². The van der Waals surface area contributed by atoms with E-state index in [2.05, 4.69) is 43.5 Å². The van der Waals surface area contributed by atoms with Crippen LogP contribution in [0.4, 0.5) is 0 Å². The van der Waals surface area contributed by atoms with Crippen molar-refractivity contribution in [3.8, 4) is 0 Å². The molecule has 78 valence electrons. The predicted octanol–water partition coefficient (Wildman–Crippen LogP) is 5.02. The maximum absolute atomic E-state index is 2.25. The number of benzene rings is 1. The molecule has 0 radical (unpaired) electrons. The van der Waals surface area contributed by atoms with Gasteiger partial charge >= 0.3 is 0 Å². The van der Waals surface area contributed by atoms with E-state index < -0.39 is 0 Å². The zero-order valence-corrected chi connectivity index (χ0v) is 11.1. The van der Waals surface area contributed by atoms with Crippen molar-refractivity contribution >= 4 is 41.4 Å².